The number of nitrogens with one attached hydrogen (secondary N) is 3. The summed E-state index contributed by atoms with van der Waals surface area (Å²) in [5.41, 5.74) is 4.85. The molecule has 2 aliphatic rings. The molecule has 0 radical (unpaired) electrons. The van der Waals surface area contributed by atoms with E-state index in [1.54, 1.807) is 26.0 Å². The van der Waals surface area contributed by atoms with Crippen LogP contribution in [0.25, 0.3) is 10.9 Å². The third kappa shape index (κ3) is 9.91. The number of unbranched alkanes of at least 4 members (excludes halogenated alkanes) is 1. The molecule has 1 aliphatic carbocycles. The molecule has 0 bridgehead atoms. The van der Waals surface area contributed by atoms with Crippen molar-refractivity contribution >= 4 is 46.4 Å². The first-order valence-corrected chi connectivity index (χ1v) is 18.3. The van der Waals surface area contributed by atoms with Gasteiger partial charge < -0.3 is 36.8 Å². The molecule has 7 N–H and O–H groups in total. The number of carbonyl (C=O) groups excluding carboxylic acids is 5. The van der Waals surface area contributed by atoms with Crippen molar-refractivity contribution in [2.24, 2.45) is 11.7 Å². The fourth-order valence-corrected chi connectivity index (χ4v) is 7.29. The smallest absolute Gasteiger partial charge is 0.404 e. The summed E-state index contributed by atoms with van der Waals surface area (Å²) in [5.74, 6) is -4.23. The maximum absolute atomic E-state index is 14.7. The second-order valence-electron chi connectivity index (χ2n) is 14.6. The number of nitrogens with zero attached hydrogens (tertiary/aromatic N) is 6. The second-order valence-corrected chi connectivity index (χ2v) is 14.6. The zero-order valence-corrected chi connectivity index (χ0v) is 30.4. The summed E-state index contributed by atoms with van der Waals surface area (Å²) in [6, 6.07) is 2.95. The van der Waals surface area contributed by atoms with Gasteiger partial charge in [0.25, 0.3) is 11.8 Å². The average Bonchev–Trinajstić information content (AvgIpc) is 3.82. The molecule has 18 heteroatoms. The van der Waals surface area contributed by atoms with E-state index in [4.69, 9.17) is 10.8 Å². The van der Waals surface area contributed by atoms with E-state index in [0.717, 1.165) is 37.5 Å². The summed E-state index contributed by atoms with van der Waals surface area (Å²) >= 11 is 0. The van der Waals surface area contributed by atoms with Gasteiger partial charge in [0.15, 0.2) is 0 Å². The lowest BCUT2D eigenvalue weighted by atomic mass is 9.84. The Balaban J connectivity index is 1.44. The number of carboxylic acid groups (broad SMARTS) is 1. The van der Waals surface area contributed by atoms with E-state index >= 15 is 0 Å². The number of benzene rings is 1. The number of aromatic nitrogens is 5. The van der Waals surface area contributed by atoms with Crippen LogP contribution in [0.3, 0.4) is 0 Å². The van der Waals surface area contributed by atoms with Crippen LogP contribution in [0.15, 0.2) is 36.7 Å². The van der Waals surface area contributed by atoms with Gasteiger partial charge in [0.2, 0.25) is 23.4 Å². The van der Waals surface area contributed by atoms with Gasteiger partial charge >= 0.3 is 6.09 Å². The molecular formula is C36H48N10O8. The van der Waals surface area contributed by atoms with E-state index in [-0.39, 0.29) is 44.1 Å². The number of primary amides is 1. The molecule has 4 atom stereocenters. The summed E-state index contributed by atoms with van der Waals surface area (Å²) in [5, 5.41) is 36.3. The molecule has 290 valence electrons. The van der Waals surface area contributed by atoms with Gasteiger partial charge in [-0.15, -0.1) is 5.10 Å². The zero-order valence-electron chi connectivity index (χ0n) is 30.4. The highest BCUT2D eigenvalue weighted by molar-refractivity contribution is 6.37. The Kier molecular flexibility index (Phi) is 12.9. The van der Waals surface area contributed by atoms with Gasteiger partial charge in [-0.25, -0.2) is 19.4 Å². The molecule has 1 saturated carbocycles. The van der Waals surface area contributed by atoms with Gasteiger partial charge in [-0.1, -0.05) is 55.5 Å². The third-order valence-corrected chi connectivity index (χ3v) is 10.1. The molecule has 5 amide bonds. The molecule has 5 rings (SSSR count). The number of carbonyl (C=O) groups is 6. The summed E-state index contributed by atoms with van der Waals surface area (Å²) in [6.45, 7) is 3.15. The SMILES string of the molecule is CC(C)(O)c1cnnn1[C@H]1C[C@@H](C(=O)NC(CCCCNC(=O)O)C(=O)C(N)=O)N(C(=O)[C@@H](CC2CCCCC2)NC(=O)c2ncc3ccccc3n2)C1. The fraction of sp³-hybridized carbons (Fsp3) is 0.556. The highest BCUT2D eigenvalue weighted by Crippen LogP contribution is 2.33. The minimum Gasteiger partial charge on any atom is -0.465 e. The predicted octanol–water partition coefficient (Wildman–Crippen LogP) is 1.34. The van der Waals surface area contributed by atoms with E-state index < -0.39 is 65.3 Å². The Morgan fingerprint density at radius 1 is 1.00 bits per heavy atom. The third-order valence-electron chi connectivity index (χ3n) is 10.1. The Hall–Kier alpha value is -5.52. The number of nitrogens with two attached hydrogens (primary N) is 1. The van der Waals surface area contributed by atoms with Gasteiger partial charge in [0.05, 0.1) is 29.5 Å². The van der Waals surface area contributed by atoms with Crippen molar-refractivity contribution in [1.82, 2.24) is 45.8 Å². The number of para-hydroxylation sites is 1. The lowest BCUT2D eigenvalue weighted by Crippen LogP contribution is -2.56. The first-order valence-electron chi connectivity index (χ1n) is 18.3. The number of Topliss-reactive ketones (excluding diaryl/α,β-unsaturated/α-hetero) is 1. The number of likely N-dealkylation sites (tertiary alicyclic amines) is 1. The normalized spacial score (nSPS) is 18.8. The minimum absolute atomic E-state index is 0.00189. The summed E-state index contributed by atoms with van der Waals surface area (Å²) < 4.78 is 1.46. The minimum atomic E-state index is -1.37. The molecular weight excluding hydrogens is 700 g/mol. The van der Waals surface area contributed by atoms with Crippen LogP contribution in [0.5, 0.6) is 0 Å². The van der Waals surface area contributed by atoms with Crippen molar-refractivity contribution in [2.45, 2.75) is 108 Å². The molecule has 18 nitrogen and oxygen atoms in total. The van der Waals surface area contributed by atoms with Crippen LogP contribution in [0.4, 0.5) is 4.79 Å². The number of aliphatic hydroxyl groups is 1. The van der Waals surface area contributed by atoms with Gasteiger partial charge in [-0.2, -0.15) is 0 Å². The van der Waals surface area contributed by atoms with Crippen molar-refractivity contribution in [3.63, 3.8) is 0 Å². The van der Waals surface area contributed by atoms with Gasteiger partial charge in [0.1, 0.15) is 17.7 Å². The van der Waals surface area contributed by atoms with Crippen LogP contribution in [0.2, 0.25) is 0 Å². The van der Waals surface area contributed by atoms with Crippen molar-refractivity contribution in [3.8, 4) is 0 Å². The highest BCUT2D eigenvalue weighted by atomic mass is 16.4. The van der Waals surface area contributed by atoms with Crippen molar-refractivity contribution in [1.29, 1.82) is 0 Å². The van der Waals surface area contributed by atoms with Crippen LogP contribution in [0.1, 0.15) is 100 Å². The lowest BCUT2D eigenvalue weighted by molar-refractivity contribution is -0.142. The molecule has 1 aliphatic heterocycles. The first kappa shape index (κ1) is 39.7. The molecule has 54 heavy (non-hydrogen) atoms. The van der Waals surface area contributed by atoms with E-state index in [0.29, 0.717) is 24.1 Å². The predicted molar refractivity (Wildman–Crippen MR) is 192 cm³/mol. The Bertz CT molecular complexity index is 1850. The standard InChI is InChI=1S/C36H48N10O8/c1-36(2,54)28-19-40-44-46(28)23-17-27(32(49)42-25(29(47)30(37)48)14-8-9-15-38-35(52)53)45(20-23)34(51)26(16-21-10-4-3-5-11-21)43-33(50)31-39-18-22-12-6-7-13-24(22)41-31/h6-7,12-13,18-19,21,23,25-27,38,54H,3-5,8-11,14-17,20H2,1-2H3,(H2,37,48)(H,42,49)(H,43,50)(H,52,53)/t23-,25?,26+,27-/m0/s1. The van der Waals surface area contributed by atoms with Crippen LogP contribution in [-0.2, 0) is 24.8 Å². The van der Waals surface area contributed by atoms with E-state index in [1.807, 2.05) is 12.1 Å². The van der Waals surface area contributed by atoms with Crippen LogP contribution in [-0.4, -0.2) is 107 Å². The zero-order chi connectivity index (χ0) is 39.0. The highest BCUT2D eigenvalue weighted by Gasteiger charge is 2.45. The molecule has 3 heterocycles. The average molecular weight is 749 g/mol. The Morgan fingerprint density at radius 2 is 1.74 bits per heavy atom. The number of rotatable bonds is 16. The molecule has 1 unspecified atom stereocenters. The number of hydrogen-bond donors (Lipinski definition) is 6. The first-order chi connectivity index (χ1) is 25.7. The monoisotopic (exact) mass is 748 g/mol. The summed E-state index contributed by atoms with van der Waals surface area (Å²) in [6.07, 6.45) is 7.37. The quantitative estimate of drug-likeness (QED) is 0.0896. The Morgan fingerprint density at radius 3 is 2.44 bits per heavy atom. The topological polar surface area (TPSA) is 265 Å². The Labute approximate surface area is 311 Å². The van der Waals surface area contributed by atoms with E-state index in [9.17, 15) is 33.9 Å². The van der Waals surface area contributed by atoms with Gasteiger partial charge in [0, 0.05) is 31.1 Å². The maximum atomic E-state index is 14.7. The van der Waals surface area contributed by atoms with E-state index in [2.05, 4.69) is 36.2 Å². The largest absolute Gasteiger partial charge is 0.465 e. The van der Waals surface area contributed by atoms with Crippen LogP contribution < -0.4 is 21.7 Å². The lowest BCUT2D eigenvalue weighted by Gasteiger charge is -2.32. The number of ketones is 1. The van der Waals surface area contributed by atoms with Crippen molar-refractivity contribution < 1.29 is 39.0 Å². The number of hydrogen-bond acceptors (Lipinski definition) is 11. The molecule has 1 aromatic carbocycles. The number of amides is 5. The summed E-state index contributed by atoms with van der Waals surface area (Å²) in [4.78, 5) is 88.2. The molecule has 2 aromatic heterocycles. The van der Waals surface area contributed by atoms with Crippen molar-refractivity contribution in [2.75, 3.05) is 13.1 Å². The maximum Gasteiger partial charge on any atom is 0.404 e. The van der Waals surface area contributed by atoms with Crippen LogP contribution in [0, 0.1) is 5.92 Å². The molecule has 3 aromatic rings. The summed E-state index contributed by atoms with van der Waals surface area (Å²) in [7, 11) is 0. The molecule has 1 saturated heterocycles. The van der Waals surface area contributed by atoms with Crippen LogP contribution >= 0.6 is 0 Å². The van der Waals surface area contributed by atoms with Crippen molar-refractivity contribution in [3.05, 3.63) is 48.2 Å². The molecule has 2 fully saturated rings. The van der Waals surface area contributed by atoms with Gasteiger partial charge in [-0.05, 0) is 51.5 Å². The second kappa shape index (κ2) is 17.5. The number of fused-ring (bicyclic) bond motifs is 1. The molecule has 0 spiro atoms. The van der Waals surface area contributed by atoms with Gasteiger partial charge in [-0.3, -0.25) is 24.0 Å². The van der Waals surface area contributed by atoms with E-state index in [1.165, 1.54) is 22.0 Å². The fourth-order valence-electron chi connectivity index (χ4n) is 7.29.